The third kappa shape index (κ3) is 9.08. The van der Waals surface area contributed by atoms with Crippen LogP contribution in [0.3, 0.4) is 0 Å². The number of hydrogen-bond acceptors (Lipinski definition) is 5. The molecule has 40 heavy (non-hydrogen) atoms. The molecule has 2 N–H and O–H groups in total. The molecule has 0 saturated heterocycles. The Morgan fingerprint density at radius 2 is 1.82 bits per heavy atom. The number of hydrogen-bond donors (Lipinski definition) is 2. The van der Waals surface area contributed by atoms with Gasteiger partial charge >= 0.3 is 5.97 Å². The van der Waals surface area contributed by atoms with E-state index in [1.165, 1.54) is 31.0 Å². The van der Waals surface area contributed by atoms with E-state index in [-0.39, 0.29) is 12.3 Å². The normalized spacial score (nSPS) is 15.2. The minimum atomic E-state index is -3.43. The number of carbonyl (C=O) groups excluding carboxylic acids is 1. The highest BCUT2D eigenvalue weighted by Crippen LogP contribution is 2.30. The largest absolute Gasteiger partial charge is 0.480 e. The fourth-order valence-electron chi connectivity index (χ4n) is 5.42. The van der Waals surface area contributed by atoms with E-state index in [0.29, 0.717) is 42.2 Å². The van der Waals surface area contributed by atoms with Crippen LogP contribution in [0, 0.1) is 12.8 Å². The maximum Gasteiger partial charge on any atom is 0.326 e. The lowest BCUT2D eigenvalue weighted by Gasteiger charge is -2.27. The second kappa shape index (κ2) is 15.6. The van der Waals surface area contributed by atoms with Crippen molar-refractivity contribution < 1.29 is 23.1 Å². The van der Waals surface area contributed by atoms with E-state index >= 15 is 0 Å². The molecule has 220 valence electrons. The third-order valence-electron chi connectivity index (χ3n) is 7.70. The second-order valence-electron chi connectivity index (χ2n) is 10.8. The molecule has 1 saturated carbocycles. The standard InChI is InChI=1S/C31H44N2O5S2/c1-4-20-40(37,38)33(18-16-24-11-6-5-7-12-24)22-25-14-15-27(28(21-25)26-13-9-8-10-23(26)2)30(34)32-29(31(35)36)17-19-39-3/h8-10,13-15,21,24,29H,4-7,11-12,16-20,22H2,1-3H3,(H,32,34)(H,35,36)/t29-/m1/s1. The van der Waals surface area contributed by atoms with E-state index in [9.17, 15) is 23.1 Å². The van der Waals surface area contributed by atoms with Crippen molar-refractivity contribution in [2.75, 3.05) is 24.3 Å². The first-order chi connectivity index (χ1) is 19.2. The molecule has 0 aliphatic heterocycles. The molecule has 0 aromatic heterocycles. The monoisotopic (exact) mass is 588 g/mol. The van der Waals surface area contributed by atoms with E-state index in [4.69, 9.17) is 0 Å². The number of thioether (sulfide) groups is 1. The van der Waals surface area contributed by atoms with Gasteiger partial charge in [0.15, 0.2) is 0 Å². The van der Waals surface area contributed by atoms with Gasteiger partial charge in [-0.15, -0.1) is 0 Å². The summed E-state index contributed by atoms with van der Waals surface area (Å²) in [4.78, 5) is 25.2. The summed E-state index contributed by atoms with van der Waals surface area (Å²) in [5.41, 5.74) is 3.67. The smallest absolute Gasteiger partial charge is 0.326 e. The van der Waals surface area contributed by atoms with Crippen LogP contribution in [0.1, 0.15) is 79.8 Å². The molecule has 1 atom stereocenters. The molecule has 7 nitrogen and oxygen atoms in total. The molecule has 0 bridgehead atoms. The van der Waals surface area contributed by atoms with Crippen LogP contribution in [0.15, 0.2) is 42.5 Å². The molecule has 0 unspecified atom stereocenters. The van der Waals surface area contributed by atoms with Gasteiger partial charge in [0.2, 0.25) is 10.0 Å². The maximum absolute atomic E-state index is 13.4. The fraction of sp³-hybridized carbons (Fsp3) is 0.548. The van der Waals surface area contributed by atoms with Crippen molar-refractivity contribution in [3.63, 3.8) is 0 Å². The molecule has 1 amide bonds. The van der Waals surface area contributed by atoms with Crippen LogP contribution in [-0.2, 0) is 21.4 Å². The minimum absolute atomic E-state index is 0.107. The summed E-state index contributed by atoms with van der Waals surface area (Å²) < 4.78 is 28.2. The molecular formula is C31H44N2O5S2. The van der Waals surface area contributed by atoms with Crippen molar-refractivity contribution in [1.29, 1.82) is 0 Å². The highest BCUT2D eigenvalue weighted by atomic mass is 32.2. The van der Waals surface area contributed by atoms with Gasteiger partial charge in [-0.1, -0.05) is 69.4 Å². The van der Waals surface area contributed by atoms with Crippen LogP contribution in [0.4, 0.5) is 0 Å². The number of amides is 1. The number of nitrogens with zero attached hydrogens (tertiary/aromatic N) is 1. The summed E-state index contributed by atoms with van der Waals surface area (Å²) in [6.45, 7) is 4.57. The van der Waals surface area contributed by atoms with Gasteiger partial charge in [-0.3, -0.25) is 4.79 Å². The lowest BCUT2D eigenvalue weighted by Crippen LogP contribution is -2.41. The summed E-state index contributed by atoms with van der Waals surface area (Å²) in [7, 11) is -3.43. The van der Waals surface area contributed by atoms with E-state index in [0.717, 1.165) is 36.0 Å². The zero-order valence-electron chi connectivity index (χ0n) is 24.0. The number of nitrogens with one attached hydrogen (secondary N) is 1. The van der Waals surface area contributed by atoms with Crippen molar-refractivity contribution in [1.82, 2.24) is 9.62 Å². The van der Waals surface area contributed by atoms with Crippen LogP contribution >= 0.6 is 11.8 Å². The van der Waals surface area contributed by atoms with Gasteiger partial charge in [0.05, 0.1) is 5.75 Å². The number of rotatable bonds is 15. The first kappa shape index (κ1) is 32.2. The summed E-state index contributed by atoms with van der Waals surface area (Å²) in [6, 6.07) is 12.1. The van der Waals surface area contributed by atoms with E-state index in [1.807, 2.05) is 50.4 Å². The van der Waals surface area contributed by atoms with E-state index < -0.39 is 27.9 Å². The SMILES string of the molecule is CCCS(=O)(=O)N(CCC1CCCCC1)Cc1ccc(C(=O)N[C@H](CCSC)C(=O)O)c(-c2ccccc2C)c1. The molecule has 3 rings (SSSR count). The number of benzene rings is 2. The highest BCUT2D eigenvalue weighted by Gasteiger charge is 2.26. The molecule has 1 aliphatic rings. The number of carbonyl (C=O) groups is 2. The van der Waals surface area contributed by atoms with Gasteiger partial charge in [-0.05, 0) is 78.5 Å². The van der Waals surface area contributed by atoms with E-state index in [2.05, 4.69) is 5.32 Å². The van der Waals surface area contributed by atoms with Crippen molar-refractivity contribution >= 4 is 33.7 Å². The predicted molar refractivity (Wildman–Crippen MR) is 164 cm³/mol. The van der Waals surface area contributed by atoms with Gasteiger partial charge in [-0.25, -0.2) is 13.2 Å². The zero-order chi connectivity index (χ0) is 29.1. The van der Waals surface area contributed by atoms with Crippen LogP contribution in [0.5, 0.6) is 0 Å². The predicted octanol–water partition coefficient (Wildman–Crippen LogP) is 6.11. The molecule has 1 aliphatic carbocycles. The highest BCUT2D eigenvalue weighted by molar-refractivity contribution is 7.98. The number of aryl methyl sites for hydroxylation is 1. The summed E-state index contributed by atoms with van der Waals surface area (Å²) >= 11 is 1.53. The Bertz CT molecular complexity index is 1240. The number of sulfonamides is 1. The second-order valence-corrected chi connectivity index (χ2v) is 13.9. The van der Waals surface area contributed by atoms with Gasteiger partial charge in [0.1, 0.15) is 6.04 Å². The Labute approximate surface area is 244 Å². The van der Waals surface area contributed by atoms with Gasteiger partial charge in [0, 0.05) is 18.7 Å². The number of aliphatic carboxylic acids is 1. The van der Waals surface area contributed by atoms with Gasteiger partial charge in [-0.2, -0.15) is 16.1 Å². The van der Waals surface area contributed by atoms with Crippen molar-refractivity contribution in [3.8, 4) is 11.1 Å². The molecule has 0 heterocycles. The average molecular weight is 589 g/mol. The van der Waals surface area contributed by atoms with Crippen LogP contribution in [0.25, 0.3) is 11.1 Å². The lowest BCUT2D eigenvalue weighted by atomic mass is 9.87. The molecule has 2 aromatic carbocycles. The van der Waals surface area contributed by atoms with Crippen molar-refractivity contribution in [2.24, 2.45) is 5.92 Å². The first-order valence-electron chi connectivity index (χ1n) is 14.4. The molecular weight excluding hydrogens is 544 g/mol. The van der Waals surface area contributed by atoms with Crippen LogP contribution in [0.2, 0.25) is 0 Å². The maximum atomic E-state index is 13.4. The molecule has 0 radical (unpaired) electrons. The minimum Gasteiger partial charge on any atom is -0.480 e. The van der Waals surface area contributed by atoms with Crippen molar-refractivity contribution in [2.45, 2.75) is 77.8 Å². The lowest BCUT2D eigenvalue weighted by molar-refractivity contribution is -0.139. The Hall–Kier alpha value is -2.36. The Balaban J connectivity index is 1.94. The zero-order valence-corrected chi connectivity index (χ0v) is 25.7. The van der Waals surface area contributed by atoms with Gasteiger partial charge in [0.25, 0.3) is 5.91 Å². The Kier molecular flexibility index (Phi) is 12.5. The number of carboxylic acids is 1. The summed E-state index contributed by atoms with van der Waals surface area (Å²) in [5, 5.41) is 12.3. The molecule has 0 spiro atoms. The van der Waals surface area contributed by atoms with Crippen LogP contribution < -0.4 is 5.32 Å². The van der Waals surface area contributed by atoms with Gasteiger partial charge < -0.3 is 10.4 Å². The van der Waals surface area contributed by atoms with Crippen LogP contribution in [-0.4, -0.2) is 60.1 Å². The molecule has 1 fully saturated rings. The molecule has 2 aromatic rings. The topological polar surface area (TPSA) is 104 Å². The quantitative estimate of drug-likeness (QED) is 0.260. The fourth-order valence-corrected chi connectivity index (χ4v) is 7.40. The summed E-state index contributed by atoms with van der Waals surface area (Å²) in [5.74, 6) is -0.230. The van der Waals surface area contributed by atoms with Crippen molar-refractivity contribution in [3.05, 3.63) is 59.2 Å². The molecule has 9 heteroatoms. The first-order valence-corrected chi connectivity index (χ1v) is 17.4. The summed E-state index contributed by atoms with van der Waals surface area (Å²) in [6.07, 6.45) is 9.67. The Morgan fingerprint density at radius 3 is 2.48 bits per heavy atom. The average Bonchev–Trinajstić information content (AvgIpc) is 2.93. The third-order valence-corrected chi connectivity index (χ3v) is 10.4. The van der Waals surface area contributed by atoms with E-state index in [1.54, 1.807) is 16.4 Å². The number of carboxylic acid groups (broad SMARTS) is 1. The Morgan fingerprint density at radius 1 is 1.10 bits per heavy atom.